The predicted molar refractivity (Wildman–Crippen MR) is 91.5 cm³/mol. The highest BCUT2D eigenvalue weighted by Gasteiger charge is 2.45. The van der Waals surface area contributed by atoms with E-state index in [1.807, 2.05) is 4.90 Å². The number of rotatable bonds is 2. The number of likely N-dealkylation sites (tertiary alicyclic amines) is 1. The van der Waals surface area contributed by atoms with E-state index in [-0.39, 0.29) is 42.4 Å². The summed E-state index contributed by atoms with van der Waals surface area (Å²) in [5.74, 6) is 0.216. The van der Waals surface area contributed by atoms with Crippen LogP contribution >= 0.6 is 24.8 Å². The third-order valence-corrected chi connectivity index (χ3v) is 4.74. The SMILES string of the molecule is CN1CC2(CCN(CC(=O)N3CCNCC3)CC2)OC1=O.Cl.Cl. The van der Waals surface area contributed by atoms with Crippen molar-refractivity contribution in [2.24, 2.45) is 0 Å². The van der Waals surface area contributed by atoms with E-state index in [0.29, 0.717) is 13.1 Å². The molecule has 3 rings (SSSR count). The van der Waals surface area contributed by atoms with Crippen LogP contribution in [0.1, 0.15) is 12.8 Å². The number of ether oxygens (including phenoxy) is 1. The standard InChI is InChI=1S/C14H24N4O3.2ClH/c1-16-11-14(21-13(16)20)2-6-17(7-3-14)10-12(19)18-8-4-15-5-9-18;;/h15H,2-11H2,1H3;2*1H. The normalized spacial score (nSPS) is 24.0. The highest BCUT2D eigenvalue weighted by atomic mass is 35.5. The van der Waals surface area contributed by atoms with Gasteiger partial charge in [-0.05, 0) is 0 Å². The topological polar surface area (TPSA) is 65.1 Å². The summed E-state index contributed by atoms with van der Waals surface area (Å²) in [6, 6.07) is 0. The van der Waals surface area contributed by atoms with E-state index in [1.165, 1.54) is 0 Å². The number of halogens is 2. The average Bonchev–Trinajstić information content (AvgIpc) is 2.77. The molecule has 3 saturated heterocycles. The van der Waals surface area contributed by atoms with Crippen molar-refractivity contribution in [3.63, 3.8) is 0 Å². The molecule has 0 aliphatic carbocycles. The van der Waals surface area contributed by atoms with Crippen molar-refractivity contribution in [2.75, 3.05) is 59.4 Å². The highest BCUT2D eigenvalue weighted by molar-refractivity contribution is 5.85. The van der Waals surface area contributed by atoms with E-state index in [4.69, 9.17) is 4.74 Å². The van der Waals surface area contributed by atoms with E-state index in [2.05, 4.69) is 10.2 Å². The minimum Gasteiger partial charge on any atom is -0.441 e. The Kier molecular flexibility index (Phi) is 7.38. The molecule has 0 saturated carbocycles. The lowest BCUT2D eigenvalue weighted by atomic mass is 9.91. The van der Waals surface area contributed by atoms with Gasteiger partial charge >= 0.3 is 6.09 Å². The van der Waals surface area contributed by atoms with Crippen LogP contribution in [0.4, 0.5) is 4.79 Å². The minimum atomic E-state index is -0.319. The van der Waals surface area contributed by atoms with Crippen LogP contribution in [0.5, 0.6) is 0 Å². The fourth-order valence-corrected chi connectivity index (χ4v) is 3.38. The molecule has 1 N–H and O–H groups in total. The Morgan fingerprint density at radius 1 is 1.17 bits per heavy atom. The molecule has 134 valence electrons. The second-order valence-corrected chi connectivity index (χ2v) is 6.31. The largest absolute Gasteiger partial charge is 0.441 e. The number of nitrogens with zero attached hydrogens (tertiary/aromatic N) is 3. The number of carbonyl (C=O) groups is 2. The fraction of sp³-hybridized carbons (Fsp3) is 0.857. The highest BCUT2D eigenvalue weighted by Crippen LogP contribution is 2.32. The summed E-state index contributed by atoms with van der Waals surface area (Å²) in [5.41, 5.74) is -0.319. The molecular weight excluding hydrogens is 343 g/mol. The lowest BCUT2D eigenvalue weighted by molar-refractivity contribution is -0.134. The maximum atomic E-state index is 12.2. The molecule has 0 aromatic carbocycles. The Balaban J connectivity index is 0.00000132. The lowest BCUT2D eigenvalue weighted by Gasteiger charge is -2.38. The Morgan fingerprint density at radius 3 is 2.30 bits per heavy atom. The van der Waals surface area contributed by atoms with Gasteiger partial charge in [0.05, 0.1) is 13.1 Å². The third kappa shape index (κ3) is 4.62. The molecule has 23 heavy (non-hydrogen) atoms. The molecule has 3 heterocycles. The number of amides is 2. The Hall–Kier alpha value is -0.760. The Bertz CT molecular complexity index is 424. The van der Waals surface area contributed by atoms with Crippen molar-refractivity contribution >= 4 is 36.8 Å². The molecule has 7 nitrogen and oxygen atoms in total. The smallest absolute Gasteiger partial charge is 0.410 e. The first-order valence-electron chi connectivity index (χ1n) is 7.73. The zero-order valence-electron chi connectivity index (χ0n) is 13.5. The number of carbonyl (C=O) groups excluding carboxylic acids is 2. The van der Waals surface area contributed by atoms with Crippen LogP contribution in [0, 0.1) is 0 Å². The van der Waals surface area contributed by atoms with E-state index < -0.39 is 0 Å². The van der Waals surface area contributed by atoms with E-state index >= 15 is 0 Å². The molecule has 1 spiro atoms. The first-order chi connectivity index (χ1) is 10.1. The van der Waals surface area contributed by atoms with Gasteiger partial charge in [0.25, 0.3) is 0 Å². The minimum absolute atomic E-state index is 0. The van der Waals surface area contributed by atoms with E-state index in [9.17, 15) is 9.59 Å². The molecule has 9 heteroatoms. The Labute approximate surface area is 149 Å². The molecule has 0 atom stereocenters. The van der Waals surface area contributed by atoms with Crippen molar-refractivity contribution in [1.29, 1.82) is 0 Å². The van der Waals surface area contributed by atoms with Gasteiger partial charge in [-0.2, -0.15) is 0 Å². The average molecular weight is 369 g/mol. The first-order valence-corrected chi connectivity index (χ1v) is 7.73. The summed E-state index contributed by atoms with van der Waals surface area (Å²) in [5, 5.41) is 3.25. The monoisotopic (exact) mass is 368 g/mol. The number of piperidine rings is 1. The number of hydrogen-bond donors (Lipinski definition) is 1. The maximum Gasteiger partial charge on any atom is 0.410 e. The molecular formula is C14H26Cl2N4O3. The molecule has 0 bridgehead atoms. The van der Waals surface area contributed by atoms with Gasteiger partial charge in [0.1, 0.15) is 5.60 Å². The lowest BCUT2D eigenvalue weighted by Crippen LogP contribution is -2.52. The van der Waals surface area contributed by atoms with Gasteiger partial charge in [0, 0.05) is 59.2 Å². The van der Waals surface area contributed by atoms with Gasteiger partial charge in [-0.3, -0.25) is 9.69 Å². The van der Waals surface area contributed by atoms with E-state index in [1.54, 1.807) is 11.9 Å². The van der Waals surface area contributed by atoms with Crippen molar-refractivity contribution in [1.82, 2.24) is 20.0 Å². The number of hydrogen-bond acceptors (Lipinski definition) is 5. The molecule has 3 fully saturated rings. The predicted octanol–water partition coefficient (Wildman–Crippen LogP) is 0.178. The number of likely N-dealkylation sites (N-methyl/N-ethyl adjacent to an activating group) is 1. The van der Waals surface area contributed by atoms with Crippen LogP contribution < -0.4 is 5.32 Å². The summed E-state index contributed by atoms with van der Waals surface area (Å²) >= 11 is 0. The molecule has 0 unspecified atom stereocenters. The van der Waals surface area contributed by atoms with Crippen LogP contribution in [-0.2, 0) is 9.53 Å². The quantitative estimate of drug-likeness (QED) is 0.752. The zero-order chi connectivity index (χ0) is 14.9. The summed E-state index contributed by atoms with van der Waals surface area (Å²) in [4.78, 5) is 29.5. The summed E-state index contributed by atoms with van der Waals surface area (Å²) in [6.07, 6.45) is 1.41. The summed E-state index contributed by atoms with van der Waals surface area (Å²) in [7, 11) is 1.78. The summed E-state index contributed by atoms with van der Waals surface area (Å²) < 4.78 is 5.53. The molecule has 3 aliphatic heterocycles. The maximum absolute atomic E-state index is 12.2. The fourth-order valence-electron chi connectivity index (χ4n) is 3.38. The van der Waals surface area contributed by atoms with Crippen molar-refractivity contribution in [2.45, 2.75) is 18.4 Å². The van der Waals surface area contributed by atoms with Crippen LogP contribution in [0.25, 0.3) is 0 Å². The molecule has 3 aliphatic rings. The van der Waals surface area contributed by atoms with Crippen LogP contribution in [0.2, 0.25) is 0 Å². The van der Waals surface area contributed by atoms with Crippen molar-refractivity contribution in [3.8, 4) is 0 Å². The summed E-state index contributed by atoms with van der Waals surface area (Å²) in [6.45, 7) is 6.18. The van der Waals surface area contributed by atoms with Crippen LogP contribution in [0.15, 0.2) is 0 Å². The molecule has 2 amide bonds. The van der Waals surface area contributed by atoms with Gasteiger partial charge in [0.15, 0.2) is 0 Å². The van der Waals surface area contributed by atoms with Crippen molar-refractivity contribution in [3.05, 3.63) is 0 Å². The van der Waals surface area contributed by atoms with Crippen LogP contribution in [0.3, 0.4) is 0 Å². The molecule has 0 radical (unpaired) electrons. The van der Waals surface area contributed by atoms with Gasteiger partial charge in [0.2, 0.25) is 5.91 Å². The van der Waals surface area contributed by atoms with Crippen molar-refractivity contribution < 1.29 is 14.3 Å². The third-order valence-electron chi connectivity index (χ3n) is 4.74. The number of nitrogens with one attached hydrogen (secondary N) is 1. The molecule has 0 aromatic heterocycles. The second kappa shape index (κ2) is 8.37. The van der Waals surface area contributed by atoms with Gasteiger partial charge < -0.3 is 19.9 Å². The zero-order valence-corrected chi connectivity index (χ0v) is 15.1. The van der Waals surface area contributed by atoms with Gasteiger partial charge in [-0.25, -0.2) is 4.79 Å². The first kappa shape index (κ1) is 20.3. The number of piperazine rings is 1. The van der Waals surface area contributed by atoms with E-state index in [0.717, 1.165) is 52.1 Å². The second-order valence-electron chi connectivity index (χ2n) is 6.31. The van der Waals surface area contributed by atoms with Gasteiger partial charge in [-0.1, -0.05) is 0 Å². The van der Waals surface area contributed by atoms with Gasteiger partial charge in [-0.15, -0.1) is 24.8 Å². The van der Waals surface area contributed by atoms with Crippen LogP contribution in [-0.4, -0.2) is 91.7 Å². The Morgan fingerprint density at radius 2 is 1.78 bits per heavy atom. The molecule has 0 aromatic rings.